The number of anilines is 1. The van der Waals surface area contributed by atoms with Crippen LogP contribution in [0.15, 0.2) is 27.8 Å². The van der Waals surface area contributed by atoms with Crippen molar-refractivity contribution in [2.75, 3.05) is 5.73 Å². The van der Waals surface area contributed by atoms with E-state index < -0.39 is 20.8 Å². The summed E-state index contributed by atoms with van der Waals surface area (Å²) in [6.45, 7) is 0. The molecular formula is C8H6F2N2O3S. The molecule has 0 aliphatic rings. The molecule has 0 unspecified atom stereocenters. The van der Waals surface area contributed by atoms with Crippen molar-refractivity contribution >= 4 is 26.6 Å². The highest BCUT2D eigenvalue weighted by atomic mass is 32.2. The summed E-state index contributed by atoms with van der Waals surface area (Å²) in [6.07, 6.45) is 0. The lowest BCUT2D eigenvalue weighted by Crippen LogP contribution is -2.11. The van der Waals surface area contributed by atoms with Crippen molar-refractivity contribution in [2.45, 2.75) is 11.0 Å². The number of hydrogen-bond donors (Lipinski definition) is 1. The molecule has 2 aromatic rings. The Hall–Kier alpha value is -1.70. The number of sulfone groups is 1. The van der Waals surface area contributed by atoms with E-state index in [2.05, 4.69) is 4.98 Å². The van der Waals surface area contributed by atoms with Crippen molar-refractivity contribution < 1.29 is 21.6 Å². The van der Waals surface area contributed by atoms with Crippen LogP contribution >= 0.6 is 0 Å². The highest BCUT2D eigenvalue weighted by Crippen LogP contribution is 2.24. The Balaban J connectivity index is 2.65. The smallest absolute Gasteiger partial charge is 0.345 e. The molecule has 1 aromatic carbocycles. The van der Waals surface area contributed by atoms with E-state index in [4.69, 9.17) is 10.2 Å². The standard InChI is InChI=1S/C8H6F2N2O3S/c9-7(10)16(13,14)8-12-5-3-4(11)1-2-6(5)15-8/h1-3,7H,11H2. The van der Waals surface area contributed by atoms with Gasteiger partial charge in [0.1, 0.15) is 5.52 Å². The van der Waals surface area contributed by atoms with Crippen molar-refractivity contribution in [2.24, 2.45) is 0 Å². The van der Waals surface area contributed by atoms with Crippen LogP contribution in [0.1, 0.15) is 0 Å². The van der Waals surface area contributed by atoms with Gasteiger partial charge in [0.05, 0.1) is 0 Å². The van der Waals surface area contributed by atoms with Crippen molar-refractivity contribution in [1.29, 1.82) is 0 Å². The fraction of sp³-hybridized carbons (Fsp3) is 0.125. The minimum absolute atomic E-state index is 0.0911. The Kier molecular flexibility index (Phi) is 2.30. The van der Waals surface area contributed by atoms with Crippen molar-refractivity contribution in [3.05, 3.63) is 18.2 Å². The number of fused-ring (bicyclic) bond motifs is 1. The van der Waals surface area contributed by atoms with E-state index >= 15 is 0 Å². The Morgan fingerprint density at radius 3 is 2.69 bits per heavy atom. The molecule has 0 saturated carbocycles. The quantitative estimate of drug-likeness (QED) is 0.812. The number of nitrogens with two attached hydrogens (primary N) is 1. The molecule has 1 aromatic heterocycles. The van der Waals surface area contributed by atoms with Gasteiger partial charge in [-0.05, 0) is 18.2 Å². The van der Waals surface area contributed by atoms with E-state index in [0.29, 0.717) is 5.69 Å². The summed E-state index contributed by atoms with van der Waals surface area (Å²) < 4.78 is 51.2. The van der Waals surface area contributed by atoms with Crippen LogP contribution < -0.4 is 5.73 Å². The number of rotatable bonds is 2. The van der Waals surface area contributed by atoms with Gasteiger partial charge in [0, 0.05) is 5.69 Å². The maximum Gasteiger partial charge on any atom is 0.345 e. The molecular weight excluding hydrogens is 242 g/mol. The first-order valence-corrected chi connectivity index (χ1v) is 5.64. The van der Waals surface area contributed by atoms with Gasteiger partial charge in [-0.25, -0.2) is 8.42 Å². The number of nitrogens with zero attached hydrogens (tertiary/aromatic N) is 1. The zero-order valence-electron chi connectivity index (χ0n) is 7.72. The van der Waals surface area contributed by atoms with E-state index in [-0.39, 0.29) is 11.1 Å². The molecule has 16 heavy (non-hydrogen) atoms. The maximum atomic E-state index is 12.2. The van der Waals surface area contributed by atoms with Gasteiger partial charge in [0.15, 0.2) is 5.58 Å². The second-order valence-corrected chi connectivity index (χ2v) is 4.81. The van der Waals surface area contributed by atoms with Gasteiger partial charge in [0.25, 0.3) is 9.84 Å². The van der Waals surface area contributed by atoms with Crippen LogP contribution in [0.2, 0.25) is 0 Å². The SMILES string of the molecule is Nc1ccc2oc(S(=O)(=O)C(F)F)nc2c1. The van der Waals surface area contributed by atoms with Crippen LogP contribution in [0.3, 0.4) is 0 Å². The largest absolute Gasteiger partial charge is 0.428 e. The monoisotopic (exact) mass is 248 g/mol. The zero-order chi connectivity index (χ0) is 11.9. The lowest BCUT2D eigenvalue weighted by molar-refractivity contribution is 0.230. The number of nitrogen functional groups attached to an aromatic ring is 1. The fourth-order valence-electron chi connectivity index (χ4n) is 1.12. The van der Waals surface area contributed by atoms with Crippen molar-refractivity contribution in [3.63, 3.8) is 0 Å². The normalized spacial score (nSPS) is 12.4. The molecule has 5 nitrogen and oxygen atoms in total. The first-order chi connectivity index (χ1) is 7.41. The second-order valence-electron chi connectivity index (χ2n) is 3.01. The highest BCUT2D eigenvalue weighted by molar-refractivity contribution is 7.91. The molecule has 0 aliphatic carbocycles. The molecule has 0 aliphatic heterocycles. The summed E-state index contributed by atoms with van der Waals surface area (Å²) in [7, 11) is -4.80. The fourth-order valence-corrected chi connectivity index (χ4v) is 1.71. The van der Waals surface area contributed by atoms with Crippen LogP contribution in [0.5, 0.6) is 0 Å². The van der Waals surface area contributed by atoms with Gasteiger partial charge in [0.2, 0.25) is 0 Å². The van der Waals surface area contributed by atoms with Crippen LogP contribution in [0, 0.1) is 0 Å². The third kappa shape index (κ3) is 1.60. The molecule has 0 radical (unpaired) electrons. The Bertz CT molecular complexity index is 636. The first-order valence-electron chi connectivity index (χ1n) is 4.09. The number of hydrogen-bond acceptors (Lipinski definition) is 5. The molecule has 86 valence electrons. The first kappa shape index (κ1) is 10.8. The van der Waals surface area contributed by atoms with E-state index in [1.807, 2.05) is 0 Å². The number of alkyl halides is 2. The second kappa shape index (κ2) is 3.41. The molecule has 0 saturated heterocycles. The van der Waals surface area contributed by atoms with E-state index in [0.717, 1.165) is 0 Å². The van der Waals surface area contributed by atoms with Crippen LogP contribution in [0.25, 0.3) is 11.1 Å². The summed E-state index contributed by atoms with van der Waals surface area (Å²) in [6, 6.07) is 4.15. The molecule has 0 bridgehead atoms. The number of oxazole rings is 1. The Morgan fingerprint density at radius 2 is 2.06 bits per heavy atom. The van der Waals surface area contributed by atoms with Gasteiger partial charge in [-0.2, -0.15) is 13.8 Å². The predicted molar refractivity (Wildman–Crippen MR) is 51.6 cm³/mol. The average molecular weight is 248 g/mol. The average Bonchev–Trinajstić information content (AvgIpc) is 2.60. The number of benzene rings is 1. The third-order valence-corrected chi connectivity index (χ3v) is 3.00. The lowest BCUT2D eigenvalue weighted by Gasteiger charge is -1.94. The van der Waals surface area contributed by atoms with Gasteiger partial charge in [-0.15, -0.1) is 0 Å². The third-order valence-electron chi connectivity index (χ3n) is 1.87. The van der Waals surface area contributed by atoms with Gasteiger partial charge < -0.3 is 10.2 Å². The number of halogens is 2. The van der Waals surface area contributed by atoms with Gasteiger partial charge in [-0.3, -0.25) is 0 Å². The molecule has 0 amide bonds. The van der Waals surface area contributed by atoms with E-state index in [1.54, 1.807) is 0 Å². The Morgan fingerprint density at radius 1 is 1.38 bits per heavy atom. The number of aromatic nitrogens is 1. The molecule has 1 heterocycles. The summed E-state index contributed by atoms with van der Waals surface area (Å²) >= 11 is 0. The van der Waals surface area contributed by atoms with Gasteiger partial charge >= 0.3 is 11.0 Å². The molecule has 0 fully saturated rings. The van der Waals surface area contributed by atoms with Crippen LogP contribution in [-0.4, -0.2) is 19.2 Å². The minimum atomic E-state index is -4.80. The summed E-state index contributed by atoms with van der Waals surface area (Å²) in [5.41, 5.74) is 5.97. The Labute approximate surface area is 88.8 Å². The zero-order valence-corrected chi connectivity index (χ0v) is 8.54. The van der Waals surface area contributed by atoms with E-state index in [1.165, 1.54) is 18.2 Å². The van der Waals surface area contributed by atoms with E-state index in [9.17, 15) is 17.2 Å². The van der Waals surface area contributed by atoms with Crippen LogP contribution in [-0.2, 0) is 9.84 Å². The van der Waals surface area contributed by atoms with Gasteiger partial charge in [-0.1, -0.05) is 0 Å². The topological polar surface area (TPSA) is 86.2 Å². The minimum Gasteiger partial charge on any atom is -0.428 e. The molecule has 0 spiro atoms. The van der Waals surface area contributed by atoms with Crippen LogP contribution in [0.4, 0.5) is 14.5 Å². The van der Waals surface area contributed by atoms with Crippen molar-refractivity contribution in [3.8, 4) is 0 Å². The van der Waals surface area contributed by atoms with Crippen molar-refractivity contribution in [1.82, 2.24) is 4.98 Å². The summed E-state index contributed by atoms with van der Waals surface area (Å²) in [5, 5.41) is -0.997. The molecule has 8 heteroatoms. The maximum absolute atomic E-state index is 12.2. The predicted octanol–water partition coefficient (Wildman–Crippen LogP) is 1.41. The highest BCUT2D eigenvalue weighted by Gasteiger charge is 2.32. The summed E-state index contributed by atoms with van der Waals surface area (Å²) in [5.74, 6) is -3.56. The molecule has 2 rings (SSSR count). The lowest BCUT2D eigenvalue weighted by atomic mass is 10.3. The molecule has 0 atom stereocenters. The summed E-state index contributed by atoms with van der Waals surface area (Å²) in [4.78, 5) is 3.45. The molecule has 2 N–H and O–H groups in total.